The van der Waals surface area contributed by atoms with Gasteiger partial charge in [0, 0.05) is 12.5 Å². The summed E-state index contributed by atoms with van der Waals surface area (Å²) in [5, 5.41) is 2.74. The van der Waals surface area contributed by atoms with Gasteiger partial charge in [-0.3, -0.25) is 0 Å². The molecule has 4 rings (SSSR count). The van der Waals surface area contributed by atoms with Crippen LogP contribution in [0.2, 0.25) is 0 Å². The zero-order valence-corrected chi connectivity index (χ0v) is 30.2. The van der Waals surface area contributed by atoms with Gasteiger partial charge in [-0.1, -0.05) is 78.9 Å². The number of carbonyl (C=O) groups excluding carboxylic acids is 1. The molecular weight excluding hydrogens is 670 g/mol. The average Bonchev–Trinajstić information content (AvgIpc) is 3.50. The standard InChI is InChI=1S/C40H55NO11/c42-40(52-33-39-37-12-6-4-10-35(37)36-11-5-7-13-38(36)39)41-14-15-43-16-17-44-18-19-45-20-21-46-22-23-47-24-25-48-26-27-49-28-29-50-30-31-51-32-34-8-2-1-3-9-34/h1-13,39H,14-33H2,(H,41,42). The zero-order chi connectivity index (χ0) is 36.2. The Morgan fingerprint density at radius 1 is 0.442 bits per heavy atom. The molecule has 0 heterocycles. The summed E-state index contributed by atoms with van der Waals surface area (Å²) in [5.74, 6) is 0.0388. The molecule has 0 fully saturated rings. The number of nitrogens with one attached hydrogen (secondary N) is 1. The van der Waals surface area contributed by atoms with Crippen LogP contribution in [0.5, 0.6) is 0 Å². The maximum absolute atomic E-state index is 12.2. The van der Waals surface area contributed by atoms with Gasteiger partial charge in [-0.15, -0.1) is 0 Å². The fraction of sp³-hybridized carbons (Fsp3) is 0.525. The number of ether oxygens (including phenoxy) is 10. The van der Waals surface area contributed by atoms with Crippen molar-refractivity contribution in [3.63, 3.8) is 0 Å². The molecule has 0 saturated carbocycles. The molecule has 0 aliphatic heterocycles. The summed E-state index contributed by atoms with van der Waals surface area (Å²) in [7, 11) is 0. The summed E-state index contributed by atoms with van der Waals surface area (Å²) in [4.78, 5) is 12.2. The highest BCUT2D eigenvalue weighted by Gasteiger charge is 2.28. The lowest BCUT2D eigenvalue weighted by molar-refractivity contribution is -0.0253. The van der Waals surface area contributed by atoms with Crippen molar-refractivity contribution in [2.45, 2.75) is 12.5 Å². The van der Waals surface area contributed by atoms with Crippen LogP contribution in [0.3, 0.4) is 0 Å². The Bertz CT molecular complexity index is 1300. The van der Waals surface area contributed by atoms with Crippen molar-refractivity contribution in [3.05, 3.63) is 95.6 Å². The van der Waals surface area contributed by atoms with E-state index >= 15 is 0 Å². The second-order valence-electron chi connectivity index (χ2n) is 11.7. The van der Waals surface area contributed by atoms with E-state index in [-0.39, 0.29) is 12.5 Å². The van der Waals surface area contributed by atoms with Crippen LogP contribution in [0.25, 0.3) is 11.1 Å². The highest BCUT2D eigenvalue weighted by Crippen LogP contribution is 2.44. The fourth-order valence-electron chi connectivity index (χ4n) is 5.40. The van der Waals surface area contributed by atoms with Gasteiger partial charge in [0.2, 0.25) is 0 Å². The molecule has 0 bridgehead atoms. The first-order valence-corrected chi connectivity index (χ1v) is 18.2. The van der Waals surface area contributed by atoms with E-state index in [4.69, 9.17) is 47.4 Å². The molecule has 1 aliphatic carbocycles. The molecule has 0 atom stereocenters. The number of rotatable bonds is 31. The molecule has 3 aromatic carbocycles. The summed E-state index contributed by atoms with van der Waals surface area (Å²) in [5.41, 5.74) is 5.93. The molecule has 0 aromatic heterocycles. The SMILES string of the molecule is O=C(NCCOCCOCCOCCOCCOCCOCCOCCOCCOCc1ccccc1)OCC1c2ccccc2-c2ccccc21. The molecule has 3 aromatic rings. The Kier molecular flexibility index (Phi) is 21.6. The number of benzene rings is 3. The topological polar surface area (TPSA) is 121 Å². The van der Waals surface area contributed by atoms with Crippen LogP contribution < -0.4 is 5.32 Å². The van der Waals surface area contributed by atoms with Crippen LogP contribution in [0.4, 0.5) is 4.79 Å². The third kappa shape index (κ3) is 16.9. The van der Waals surface area contributed by atoms with E-state index in [1.165, 1.54) is 22.3 Å². The Hall–Kier alpha value is -3.43. The largest absolute Gasteiger partial charge is 0.449 e. The van der Waals surface area contributed by atoms with Gasteiger partial charge < -0.3 is 52.7 Å². The summed E-state index contributed by atoms with van der Waals surface area (Å²) in [6, 6.07) is 26.6. The van der Waals surface area contributed by atoms with Crippen molar-refractivity contribution in [3.8, 4) is 11.1 Å². The van der Waals surface area contributed by atoms with Crippen molar-refractivity contribution in [2.24, 2.45) is 0 Å². The number of hydrogen-bond acceptors (Lipinski definition) is 11. The zero-order valence-electron chi connectivity index (χ0n) is 30.2. The molecule has 0 saturated heterocycles. The van der Waals surface area contributed by atoms with Gasteiger partial charge in [0.25, 0.3) is 0 Å². The van der Waals surface area contributed by atoms with Gasteiger partial charge in [0.05, 0.1) is 119 Å². The lowest BCUT2D eigenvalue weighted by atomic mass is 9.98. The number of amides is 1. The van der Waals surface area contributed by atoms with Crippen LogP contribution >= 0.6 is 0 Å². The van der Waals surface area contributed by atoms with Crippen LogP contribution in [0.15, 0.2) is 78.9 Å². The van der Waals surface area contributed by atoms with Crippen LogP contribution in [0, 0.1) is 0 Å². The Morgan fingerprint density at radius 2 is 0.808 bits per heavy atom. The van der Waals surface area contributed by atoms with Gasteiger partial charge in [0.15, 0.2) is 0 Å². The summed E-state index contributed by atoms with van der Waals surface area (Å²) in [6.07, 6.45) is -0.450. The molecule has 0 radical (unpaired) electrons. The predicted octanol–water partition coefficient (Wildman–Crippen LogP) is 4.87. The van der Waals surface area contributed by atoms with Gasteiger partial charge in [0.1, 0.15) is 6.61 Å². The molecule has 12 heteroatoms. The first kappa shape index (κ1) is 41.3. The molecule has 1 amide bonds. The van der Waals surface area contributed by atoms with E-state index in [9.17, 15) is 4.79 Å². The second kappa shape index (κ2) is 27.2. The minimum atomic E-state index is -0.450. The quantitative estimate of drug-likeness (QED) is 0.0915. The minimum absolute atomic E-state index is 0.0388. The van der Waals surface area contributed by atoms with E-state index in [2.05, 4.69) is 29.6 Å². The lowest BCUT2D eigenvalue weighted by Crippen LogP contribution is -2.29. The van der Waals surface area contributed by atoms with Crippen LogP contribution in [0.1, 0.15) is 22.6 Å². The van der Waals surface area contributed by atoms with Crippen molar-refractivity contribution in [1.29, 1.82) is 0 Å². The molecule has 1 N–H and O–H groups in total. The van der Waals surface area contributed by atoms with Gasteiger partial charge in [-0.25, -0.2) is 4.79 Å². The highest BCUT2D eigenvalue weighted by molar-refractivity contribution is 5.79. The lowest BCUT2D eigenvalue weighted by Gasteiger charge is -2.14. The average molecular weight is 726 g/mol. The third-order valence-corrected chi connectivity index (χ3v) is 7.95. The molecule has 12 nitrogen and oxygen atoms in total. The normalized spacial score (nSPS) is 12.2. The Morgan fingerprint density at radius 3 is 1.25 bits per heavy atom. The highest BCUT2D eigenvalue weighted by atomic mass is 16.6. The molecular formula is C40H55NO11. The van der Waals surface area contributed by atoms with Crippen LogP contribution in [-0.4, -0.2) is 132 Å². The summed E-state index contributed by atoms with van der Waals surface area (Å²) < 4.78 is 55.2. The molecule has 52 heavy (non-hydrogen) atoms. The monoisotopic (exact) mass is 725 g/mol. The molecule has 0 unspecified atom stereocenters. The summed E-state index contributed by atoms with van der Waals surface area (Å²) in [6.45, 7) is 9.58. The minimum Gasteiger partial charge on any atom is -0.449 e. The number of fused-ring (bicyclic) bond motifs is 3. The van der Waals surface area contributed by atoms with E-state index < -0.39 is 6.09 Å². The fourth-order valence-corrected chi connectivity index (χ4v) is 5.40. The smallest absolute Gasteiger partial charge is 0.407 e. The van der Waals surface area contributed by atoms with Gasteiger partial charge in [-0.2, -0.15) is 0 Å². The third-order valence-electron chi connectivity index (χ3n) is 7.95. The van der Waals surface area contributed by atoms with Gasteiger partial charge >= 0.3 is 6.09 Å². The first-order chi connectivity index (χ1) is 25.8. The molecule has 286 valence electrons. The van der Waals surface area contributed by atoms with Crippen molar-refractivity contribution in [2.75, 3.05) is 125 Å². The number of carbonyl (C=O) groups is 1. The number of hydrogen-bond donors (Lipinski definition) is 1. The van der Waals surface area contributed by atoms with Crippen LogP contribution in [-0.2, 0) is 54.0 Å². The maximum Gasteiger partial charge on any atom is 0.407 e. The van der Waals surface area contributed by atoms with E-state index in [1.807, 2.05) is 54.6 Å². The summed E-state index contributed by atoms with van der Waals surface area (Å²) >= 11 is 0. The second-order valence-corrected chi connectivity index (χ2v) is 11.7. The Labute approximate surface area is 307 Å². The van der Waals surface area contributed by atoms with Crippen molar-refractivity contribution in [1.82, 2.24) is 5.32 Å². The molecule has 1 aliphatic rings. The first-order valence-electron chi connectivity index (χ1n) is 18.2. The predicted molar refractivity (Wildman–Crippen MR) is 196 cm³/mol. The van der Waals surface area contributed by atoms with Crippen molar-refractivity contribution < 1.29 is 52.2 Å². The number of alkyl carbamates (subject to hydrolysis) is 1. The van der Waals surface area contributed by atoms with E-state index in [0.717, 1.165) is 5.56 Å². The van der Waals surface area contributed by atoms with E-state index in [0.29, 0.717) is 125 Å². The van der Waals surface area contributed by atoms with Crippen molar-refractivity contribution >= 4 is 6.09 Å². The van der Waals surface area contributed by atoms with E-state index in [1.54, 1.807) is 0 Å². The maximum atomic E-state index is 12.2. The van der Waals surface area contributed by atoms with Gasteiger partial charge in [-0.05, 0) is 27.8 Å². The Balaban J connectivity index is 0.804. The molecule has 0 spiro atoms.